The fraction of sp³-hybridized carbons (Fsp3) is 0.0625. The summed E-state index contributed by atoms with van der Waals surface area (Å²) < 4.78 is 18.1. The molecule has 2 aromatic carbocycles. The fourth-order valence-electron chi connectivity index (χ4n) is 1.73. The molecule has 0 fully saturated rings. The van der Waals surface area contributed by atoms with Crippen molar-refractivity contribution in [2.45, 2.75) is 0 Å². The van der Waals surface area contributed by atoms with Gasteiger partial charge in [0.1, 0.15) is 11.6 Å². The Morgan fingerprint density at radius 1 is 1.29 bits per heavy atom. The maximum atomic E-state index is 13.0. The molecule has 108 valence electrons. The van der Waals surface area contributed by atoms with Crippen molar-refractivity contribution in [3.63, 3.8) is 0 Å². The lowest BCUT2D eigenvalue weighted by molar-refractivity contribution is -0.111. The summed E-state index contributed by atoms with van der Waals surface area (Å²) in [7, 11) is 1.50. The van der Waals surface area contributed by atoms with Crippen LogP contribution in [0.4, 0.5) is 10.1 Å². The van der Waals surface area contributed by atoms with Gasteiger partial charge < -0.3 is 10.1 Å². The highest BCUT2D eigenvalue weighted by atomic mass is 35.5. The third-order valence-corrected chi connectivity index (χ3v) is 2.93. The molecule has 0 spiro atoms. The van der Waals surface area contributed by atoms with Crippen molar-refractivity contribution in [3.8, 4) is 5.75 Å². The van der Waals surface area contributed by atoms with E-state index in [4.69, 9.17) is 16.3 Å². The van der Waals surface area contributed by atoms with E-state index in [0.717, 1.165) is 0 Å². The van der Waals surface area contributed by atoms with Crippen LogP contribution < -0.4 is 10.1 Å². The molecule has 3 nitrogen and oxygen atoms in total. The number of carbonyl (C=O) groups is 1. The third kappa shape index (κ3) is 4.33. The van der Waals surface area contributed by atoms with Crippen molar-refractivity contribution in [1.29, 1.82) is 0 Å². The molecule has 2 rings (SSSR count). The van der Waals surface area contributed by atoms with Gasteiger partial charge in [0.15, 0.2) is 0 Å². The molecule has 0 unspecified atom stereocenters. The minimum atomic E-state index is -0.361. The predicted octanol–water partition coefficient (Wildman–Crippen LogP) is 4.14. The molecule has 5 heteroatoms. The SMILES string of the molecule is COc1ccc(Cl)cc1NC(=O)/C=C/c1cccc(F)c1. The lowest BCUT2D eigenvalue weighted by atomic mass is 10.2. The zero-order valence-corrected chi connectivity index (χ0v) is 12.0. The highest BCUT2D eigenvalue weighted by molar-refractivity contribution is 6.31. The summed E-state index contributed by atoms with van der Waals surface area (Å²) in [6.45, 7) is 0. The first-order chi connectivity index (χ1) is 10.1. The van der Waals surface area contributed by atoms with Gasteiger partial charge in [0.2, 0.25) is 5.91 Å². The van der Waals surface area contributed by atoms with Gasteiger partial charge in [0.05, 0.1) is 12.8 Å². The third-order valence-electron chi connectivity index (χ3n) is 2.70. The number of ether oxygens (including phenoxy) is 1. The average molecular weight is 306 g/mol. The van der Waals surface area contributed by atoms with E-state index < -0.39 is 0 Å². The molecular weight excluding hydrogens is 293 g/mol. The maximum absolute atomic E-state index is 13.0. The molecule has 0 saturated carbocycles. The normalized spacial score (nSPS) is 10.6. The van der Waals surface area contributed by atoms with Gasteiger partial charge in [-0.3, -0.25) is 4.79 Å². The number of amides is 1. The first kappa shape index (κ1) is 15.1. The van der Waals surface area contributed by atoms with Crippen molar-refractivity contribution in [3.05, 3.63) is 64.9 Å². The molecule has 0 aliphatic rings. The smallest absolute Gasteiger partial charge is 0.248 e. The molecule has 1 amide bonds. The second kappa shape index (κ2) is 6.90. The predicted molar refractivity (Wildman–Crippen MR) is 82.1 cm³/mol. The molecule has 0 atom stereocenters. The molecule has 0 aromatic heterocycles. The van der Waals surface area contributed by atoms with Gasteiger partial charge in [0.25, 0.3) is 0 Å². The number of nitrogens with one attached hydrogen (secondary N) is 1. The standard InChI is InChI=1S/C16H13ClFNO2/c1-21-15-7-6-12(17)10-14(15)19-16(20)8-5-11-3-2-4-13(18)9-11/h2-10H,1H3,(H,19,20)/b8-5+. The van der Waals surface area contributed by atoms with E-state index in [1.54, 1.807) is 30.3 Å². The van der Waals surface area contributed by atoms with Crippen LogP contribution in [0.25, 0.3) is 6.08 Å². The largest absolute Gasteiger partial charge is 0.495 e. The molecule has 2 aromatic rings. The summed E-state index contributed by atoms with van der Waals surface area (Å²) in [5, 5.41) is 3.14. The zero-order chi connectivity index (χ0) is 15.2. The van der Waals surface area contributed by atoms with E-state index in [0.29, 0.717) is 22.0 Å². The monoisotopic (exact) mass is 305 g/mol. The minimum Gasteiger partial charge on any atom is -0.495 e. The van der Waals surface area contributed by atoms with E-state index in [1.165, 1.54) is 31.4 Å². The van der Waals surface area contributed by atoms with Crippen LogP contribution in [0.1, 0.15) is 5.56 Å². The van der Waals surface area contributed by atoms with Crippen molar-refractivity contribution in [2.75, 3.05) is 12.4 Å². The van der Waals surface area contributed by atoms with Crippen molar-refractivity contribution < 1.29 is 13.9 Å². The highest BCUT2D eigenvalue weighted by Crippen LogP contribution is 2.27. The average Bonchev–Trinajstić information content (AvgIpc) is 2.45. The van der Waals surface area contributed by atoms with E-state index >= 15 is 0 Å². The number of methoxy groups -OCH3 is 1. The molecule has 0 bridgehead atoms. The van der Waals surface area contributed by atoms with Crippen molar-refractivity contribution in [2.24, 2.45) is 0 Å². The van der Waals surface area contributed by atoms with Gasteiger partial charge in [-0.25, -0.2) is 4.39 Å². The molecule has 0 aliphatic heterocycles. The molecule has 0 saturated heterocycles. The minimum absolute atomic E-state index is 0.353. The number of halogens is 2. The highest BCUT2D eigenvalue weighted by Gasteiger charge is 2.06. The Hall–Kier alpha value is -2.33. The zero-order valence-electron chi connectivity index (χ0n) is 11.3. The van der Waals surface area contributed by atoms with Crippen LogP contribution in [0.3, 0.4) is 0 Å². The van der Waals surface area contributed by atoms with Crippen molar-refractivity contribution in [1.82, 2.24) is 0 Å². The van der Waals surface area contributed by atoms with E-state index in [9.17, 15) is 9.18 Å². The lowest BCUT2D eigenvalue weighted by Gasteiger charge is -2.08. The Morgan fingerprint density at radius 2 is 2.10 bits per heavy atom. The number of rotatable bonds is 4. The van der Waals surface area contributed by atoms with Gasteiger partial charge in [-0.1, -0.05) is 23.7 Å². The number of hydrogen-bond acceptors (Lipinski definition) is 2. The van der Waals surface area contributed by atoms with Gasteiger partial charge in [-0.2, -0.15) is 0 Å². The van der Waals surface area contributed by atoms with Gasteiger partial charge in [0, 0.05) is 11.1 Å². The Bertz CT molecular complexity index is 686. The number of hydrogen-bond donors (Lipinski definition) is 1. The number of benzene rings is 2. The van der Waals surface area contributed by atoms with E-state index in [1.807, 2.05) is 0 Å². The number of carbonyl (C=O) groups excluding carboxylic acids is 1. The van der Waals surface area contributed by atoms with Crippen LogP contribution in [0.2, 0.25) is 5.02 Å². The second-order valence-corrected chi connectivity index (χ2v) is 4.66. The van der Waals surface area contributed by atoms with Gasteiger partial charge in [-0.15, -0.1) is 0 Å². The van der Waals surface area contributed by atoms with Crippen LogP contribution in [0.5, 0.6) is 5.75 Å². The first-order valence-corrected chi connectivity index (χ1v) is 6.54. The molecule has 0 aliphatic carbocycles. The summed E-state index contributed by atoms with van der Waals surface area (Å²) in [4.78, 5) is 11.9. The molecule has 1 N–H and O–H groups in total. The van der Waals surface area contributed by atoms with E-state index in [2.05, 4.69) is 5.32 Å². The van der Waals surface area contributed by atoms with Crippen LogP contribution in [0, 0.1) is 5.82 Å². The lowest BCUT2D eigenvalue weighted by Crippen LogP contribution is -2.08. The van der Waals surface area contributed by atoms with Crippen LogP contribution >= 0.6 is 11.6 Å². The van der Waals surface area contributed by atoms with Gasteiger partial charge in [-0.05, 0) is 42.0 Å². The Balaban J connectivity index is 2.10. The Morgan fingerprint density at radius 3 is 2.81 bits per heavy atom. The summed E-state index contributed by atoms with van der Waals surface area (Å²) in [6.07, 6.45) is 2.84. The Labute approximate surface area is 127 Å². The second-order valence-electron chi connectivity index (χ2n) is 4.22. The van der Waals surface area contributed by atoms with Gasteiger partial charge >= 0.3 is 0 Å². The molecule has 0 radical (unpaired) electrons. The Kier molecular flexibility index (Phi) is 4.95. The van der Waals surface area contributed by atoms with Crippen LogP contribution in [-0.2, 0) is 4.79 Å². The molecular formula is C16H13ClFNO2. The maximum Gasteiger partial charge on any atom is 0.248 e. The van der Waals surface area contributed by atoms with E-state index in [-0.39, 0.29) is 11.7 Å². The fourth-order valence-corrected chi connectivity index (χ4v) is 1.91. The summed E-state index contributed by atoms with van der Waals surface area (Å²) in [5.74, 6) is -0.208. The number of anilines is 1. The molecule has 0 heterocycles. The summed E-state index contributed by atoms with van der Waals surface area (Å²) in [5.41, 5.74) is 1.07. The van der Waals surface area contributed by atoms with Crippen LogP contribution in [0.15, 0.2) is 48.5 Å². The first-order valence-electron chi connectivity index (χ1n) is 6.16. The van der Waals surface area contributed by atoms with Crippen molar-refractivity contribution >= 4 is 29.3 Å². The molecule has 21 heavy (non-hydrogen) atoms. The topological polar surface area (TPSA) is 38.3 Å². The summed E-state index contributed by atoms with van der Waals surface area (Å²) in [6, 6.07) is 10.9. The summed E-state index contributed by atoms with van der Waals surface area (Å²) >= 11 is 5.88. The van der Waals surface area contributed by atoms with Crippen LogP contribution in [-0.4, -0.2) is 13.0 Å². The quantitative estimate of drug-likeness (QED) is 0.862.